The number of fused-ring (bicyclic) bond motifs is 1. The minimum absolute atomic E-state index is 0.262. The van der Waals surface area contributed by atoms with E-state index in [9.17, 15) is 4.39 Å². The first-order valence-corrected chi connectivity index (χ1v) is 9.88. The van der Waals surface area contributed by atoms with Crippen molar-refractivity contribution in [3.05, 3.63) is 42.2 Å². The molecule has 0 atom stereocenters. The number of halogens is 1. The van der Waals surface area contributed by atoms with Crippen molar-refractivity contribution >= 4 is 22.8 Å². The van der Waals surface area contributed by atoms with Crippen molar-refractivity contribution in [3.8, 4) is 11.3 Å². The number of anilines is 2. The SMILES string of the molecule is Fc1ccc(-c2ccc3nc(N4CCOCC4)nc(N4CCOCC4)c3n2)cc1. The Morgan fingerprint density at radius 2 is 1.38 bits per heavy atom. The summed E-state index contributed by atoms with van der Waals surface area (Å²) in [6, 6.07) is 10.3. The fourth-order valence-electron chi connectivity index (χ4n) is 3.67. The summed E-state index contributed by atoms with van der Waals surface area (Å²) in [6.07, 6.45) is 0. The lowest BCUT2D eigenvalue weighted by Crippen LogP contribution is -2.39. The van der Waals surface area contributed by atoms with Gasteiger partial charge in [0.05, 0.1) is 37.6 Å². The van der Waals surface area contributed by atoms with Crippen LogP contribution in [0.1, 0.15) is 0 Å². The third-order valence-electron chi connectivity index (χ3n) is 5.26. The molecule has 2 aliphatic heterocycles. The summed E-state index contributed by atoms with van der Waals surface area (Å²) in [6.45, 7) is 5.75. The normalized spacial score (nSPS) is 17.7. The van der Waals surface area contributed by atoms with Crippen LogP contribution in [0.4, 0.5) is 16.2 Å². The van der Waals surface area contributed by atoms with Crippen LogP contribution in [0, 0.1) is 5.82 Å². The highest BCUT2D eigenvalue weighted by Crippen LogP contribution is 2.29. The highest BCUT2D eigenvalue weighted by molar-refractivity contribution is 5.89. The van der Waals surface area contributed by atoms with Gasteiger partial charge in [-0.15, -0.1) is 0 Å². The monoisotopic (exact) mass is 395 g/mol. The Morgan fingerprint density at radius 1 is 0.724 bits per heavy atom. The number of benzene rings is 1. The second kappa shape index (κ2) is 7.88. The van der Waals surface area contributed by atoms with Crippen molar-refractivity contribution in [2.75, 3.05) is 62.4 Å². The van der Waals surface area contributed by atoms with Gasteiger partial charge in [-0.05, 0) is 36.4 Å². The van der Waals surface area contributed by atoms with Gasteiger partial charge in [-0.2, -0.15) is 4.98 Å². The Balaban J connectivity index is 1.62. The predicted molar refractivity (Wildman–Crippen MR) is 109 cm³/mol. The smallest absolute Gasteiger partial charge is 0.228 e. The average molecular weight is 395 g/mol. The van der Waals surface area contributed by atoms with E-state index < -0.39 is 0 Å². The zero-order chi connectivity index (χ0) is 19.6. The molecule has 5 rings (SSSR count). The van der Waals surface area contributed by atoms with Crippen LogP contribution < -0.4 is 9.80 Å². The highest BCUT2D eigenvalue weighted by Gasteiger charge is 2.22. The first-order valence-electron chi connectivity index (χ1n) is 9.88. The number of aromatic nitrogens is 3. The number of nitrogens with zero attached hydrogens (tertiary/aromatic N) is 5. The van der Waals surface area contributed by atoms with E-state index in [1.807, 2.05) is 12.1 Å². The van der Waals surface area contributed by atoms with Crippen LogP contribution in [0.2, 0.25) is 0 Å². The average Bonchev–Trinajstić information content (AvgIpc) is 2.80. The molecule has 3 aromatic rings. The second-order valence-corrected chi connectivity index (χ2v) is 7.12. The Hall–Kier alpha value is -2.84. The molecular formula is C21H22FN5O2. The minimum Gasteiger partial charge on any atom is -0.378 e. The van der Waals surface area contributed by atoms with Gasteiger partial charge in [0.25, 0.3) is 0 Å². The van der Waals surface area contributed by atoms with E-state index in [0.29, 0.717) is 32.4 Å². The van der Waals surface area contributed by atoms with E-state index in [-0.39, 0.29) is 5.82 Å². The van der Waals surface area contributed by atoms with Gasteiger partial charge in [0, 0.05) is 31.7 Å². The number of ether oxygens (including phenoxy) is 2. The van der Waals surface area contributed by atoms with Crippen LogP contribution in [-0.4, -0.2) is 67.6 Å². The Bertz CT molecular complexity index is 1000. The molecule has 150 valence electrons. The molecule has 0 saturated carbocycles. The van der Waals surface area contributed by atoms with Gasteiger partial charge in [-0.25, -0.2) is 14.4 Å². The minimum atomic E-state index is -0.262. The molecule has 0 spiro atoms. The molecule has 7 nitrogen and oxygen atoms in total. The van der Waals surface area contributed by atoms with E-state index >= 15 is 0 Å². The summed E-state index contributed by atoms with van der Waals surface area (Å²) in [7, 11) is 0. The van der Waals surface area contributed by atoms with Gasteiger partial charge in [-0.1, -0.05) is 0 Å². The molecule has 2 fully saturated rings. The van der Waals surface area contributed by atoms with Crippen LogP contribution in [0.3, 0.4) is 0 Å². The van der Waals surface area contributed by atoms with Gasteiger partial charge in [0.2, 0.25) is 5.95 Å². The van der Waals surface area contributed by atoms with Gasteiger partial charge in [-0.3, -0.25) is 0 Å². The van der Waals surface area contributed by atoms with Crippen LogP contribution in [0.25, 0.3) is 22.3 Å². The van der Waals surface area contributed by atoms with E-state index in [0.717, 1.165) is 54.3 Å². The quantitative estimate of drug-likeness (QED) is 0.675. The molecule has 0 bridgehead atoms. The molecule has 0 amide bonds. The Morgan fingerprint density at radius 3 is 2.07 bits per heavy atom. The van der Waals surface area contributed by atoms with Crippen molar-refractivity contribution in [2.45, 2.75) is 0 Å². The van der Waals surface area contributed by atoms with Crippen molar-refractivity contribution < 1.29 is 13.9 Å². The summed E-state index contributed by atoms with van der Waals surface area (Å²) < 4.78 is 24.3. The molecule has 0 aliphatic carbocycles. The van der Waals surface area contributed by atoms with Crippen LogP contribution in [-0.2, 0) is 9.47 Å². The molecule has 29 heavy (non-hydrogen) atoms. The van der Waals surface area contributed by atoms with Crippen LogP contribution in [0.5, 0.6) is 0 Å². The summed E-state index contributed by atoms with van der Waals surface area (Å²) in [4.78, 5) is 18.9. The number of pyridine rings is 1. The van der Waals surface area contributed by atoms with Gasteiger partial charge in [0.1, 0.15) is 11.3 Å². The fourth-order valence-corrected chi connectivity index (χ4v) is 3.67. The molecule has 2 aromatic heterocycles. The van der Waals surface area contributed by atoms with Gasteiger partial charge >= 0.3 is 0 Å². The molecule has 0 unspecified atom stereocenters. The summed E-state index contributed by atoms with van der Waals surface area (Å²) >= 11 is 0. The lowest BCUT2D eigenvalue weighted by Gasteiger charge is -2.31. The maximum atomic E-state index is 13.3. The highest BCUT2D eigenvalue weighted by atomic mass is 19.1. The van der Waals surface area contributed by atoms with Crippen molar-refractivity contribution in [2.24, 2.45) is 0 Å². The lowest BCUT2D eigenvalue weighted by molar-refractivity contribution is 0.121. The number of rotatable bonds is 3. The Kier molecular flexibility index (Phi) is 4.95. The van der Waals surface area contributed by atoms with E-state index in [1.165, 1.54) is 12.1 Å². The molecule has 4 heterocycles. The number of morpholine rings is 2. The number of hydrogen-bond acceptors (Lipinski definition) is 7. The number of hydrogen-bond donors (Lipinski definition) is 0. The molecule has 2 aliphatic rings. The van der Waals surface area contributed by atoms with Crippen molar-refractivity contribution in [1.82, 2.24) is 15.0 Å². The maximum absolute atomic E-state index is 13.3. The van der Waals surface area contributed by atoms with E-state index in [2.05, 4.69) is 9.80 Å². The van der Waals surface area contributed by atoms with E-state index in [4.69, 9.17) is 24.4 Å². The summed E-state index contributed by atoms with van der Waals surface area (Å²) in [5, 5.41) is 0. The van der Waals surface area contributed by atoms with Crippen molar-refractivity contribution in [1.29, 1.82) is 0 Å². The van der Waals surface area contributed by atoms with Gasteiger partial charge in [0.15, 0.2) is 5.82 Å². The predicted octanol–water partition coefficient (Wildman–Crippen LogP) is 2.50. The largest absolute Gasteiger partial charge is 0.378 e. The third-order valence-corrected chi connectivity index (χ3v) is 5.26. The second-order valence-electron chi connectivity index (χ2n) is 7.12. The fraction of sp³-hybridized carbons (Fsp3) is 0.381. The summed E-state index contributed by atoms with van der Waals surface area (Å²) in [5.74, 6) is 1.27. The zero-order valence-electron chi connectivity index (χ0n) is 16.1. The van der Waals surface area contributed by atoms with E-state index in [1.54, 1.807) is 12.1 Å². The zero-order valence-corrected chi connectivity index (χ0v) is 16.1. The lowest BCUT2D eigenvalue weighted by atomic mass is 10.1. The molecule has 8 heteroatoms. The van der Waals surface area contributed by atoms with Crippen LogP contribution in [0.15, 0.2) is 36.4 Å². The Labute approximate surface area is 168 Å². The molecule has 1 aromatic carbocycles. The molecule has 2 saturated heterocycles. The maximum Gasteiger partial charge on any atom is 0.228 e. The van der Waals surface area contributed by atoms with Crippen molar-refractivity contribution in [3.63, 3.8) is 0 Å². The molecular weight excluding hydrogens is 373 g/mol. The van der Waals surface area contributed by atoms with Gasteiger partial charge < -0.3 is 19.3 Å². The first kappa shape index (κ1) is 18.2. The molecule has 0 N–H and O–H groups in total. The van der Waals surface area contributed by atoms with Crippen LogP contribution >= 0.6 is 0 Å². The molecule has 0 radical (unpaired) electrons. The standard InChI is InChI=1S/C21H22FN5O2/c22-16-3-1-15(2-4-16)17-5-6-18-19(23-17)20(26-7-11-28-12-8-26)25-21(24-18)27-9-13-29-14-10-27/h1-6H,7-14H2. The third kappa shape index (κ3) is 3.73. The topological polar surface area (TPSA) is 63.6 Å². The first-order chi connectivity index (χ1) is 14.3. The summed E-state index contributed by atoms with van der Waals surface area (Å²) in [5.41, 5.74) is 3.19.